The number of hydrogen-bond donors (Lipinski definition) is 4. The number of hydrogen-bond acceptors (Lipinski definition) is 8. The van der Waals surface area contributed by atoms with E-state index in [4.69, 9.17) is 5.11 Å². The predicted molar refractivity (Wildman–Crippen MR) is 113 cm³/mol. The maximum atomic E-state index is 14.6. The number of alkyl halides is 2. The summed E-state index contributed by atoms with van der Waals surface area (Å²) in [4.78, 5) is 20.6. The van der Waals surface area contributed by atoms with Crippen LogP contribution in [0.15, 0.2) is 42.9 Å². The van der Waals surface area contributed by atoms with Crippen LogP contribution in [0.5, 0.6) is 0 Å². The van der Waals surface area contributed by atoms with Gasteiger partial charge in [0.2, 0.25) is 5.95 Å². The lowest BCUT2D eigenvalue weighted by atomic mass is 9.87. The summed E-state index contributed by atoms with van der Waals surface area (Å²) >= 11 is 0. The molecule has 1 aliphatic carbocycles. The van der Waals surface area contributed by atoms with Crippen LogP contribution in [0.1, 0.15) is 24.8 Å². The Morgan fingerprint density at radius 1 is 1.30 bits per heavy atom. The number of benzene rings is 1. The Morgan fingerprint density at radius 2 is 2.09 bits per heavy atom. The van der Waals surface area contributed by atoms with Gasteiger partial charge in [0.25, 0.3) is 5.92 Å². The summed E-state index contributed by atoms with van der Waals surface area (Å²) in [6, 6.07) is 6.36. The van der Waals surface area contributed by atoms with Crippen molar-refractivity contribution in [3.8, 4) is 11.8 Å². The number of aromatic nitrogens is 5. The van der Waals surface area contributed by atoms with Crippen molar-refractivity contribution in [1.29, 1.82) is 5.26 Å². The predicted octanol–water partition coefficient (Wildman–Crippen LogP) is 2.91. The molecule has 33 heavy (non-hydrogen) atoms. The number of rotatable bonds is 6. The highest BCUT2D eigenvalue weighted by Crippen LogP contribution is 2.35. The van der Waals surface area contributed by atoms with Crippen LogP contribution in [0.3, 0.4) is 0 Å². The standard InChI is InChI=1S/C20H19F2N9O2/c21-20(22)6-2-5-15(28-19(32)33)16(20)29-18-24-11-12(10-23)17(30-18)27-13-3-1-4-14(9-13)31-25-7-8-26-31/h1,3-4,7-9,11,15-16,28H,2,5-6H2,(H,32,33)(H2,24,27,29,30)/t15-,16-/m0/s1. The molecule has 4 N–H and O–H groups in total. The molecule has 2 atom stereocenters. The summed E-state index contributed by atoms with van der Waals surface area (Å²) in [6.45, 7) is 0. The monoisotopic (exact) mass is 455 g/mol. The highest BCUT2D eigenvalue weighted by Gasteiger charge is 2.48. The van der Waals surface area contributed by atoms with Crippen LogP contribution in [-0.2, 0) is 0 Å². The molecule has 0 aliphatic heterocycles. The molecule has 0 unspecified atom stereocenters. The third-order valence-electron chi connectivity index (χ3n) is 5.14. The van der Waals surface area contributed by atoms with Crippen LogP contribution < -0.4 is 16.0 Å². The van der Waals surface area contributed by atoms with Gasteiger partial charge >= 0.3 is 6.09 Å². The third-order valence-corrected chi connectivity index (χ3v) is 5.14. The minimum absolute atomic E-state index is 0.0961. The van der Waals surface area contributed by atoms with Crippen LogP contribution in [0.2, 0.25) is 0 Å². The van der Waals surface area contributed by atoms with E-state index in [2.05, 4.69) is 36.1 Å². The first-order valence-electron chi connectivity index (χ1n) is 10.0. The topological polar surface area (TPSA) is 154 Å². The molecule has 170 valence electrons. The van der Waals surface area contributed by atoms with Gasteiger partial charge in [-0.15, -0.1) is 0 Å². The van der Waals surface area contributed by atoms with E-state index in [9.17, 15) is 18.8 Å². The van der Waals surface area contributed by atoms with Crippen molar-refractivity contribution >= 4 is 23.5 Å². The van der Waals surface area contributed by atoms with Gasteiger partial charge < -0.3 is 21.1 Å². The fourth-order valence-electron chi connectivity index (χ4n) is 3.66. The van der Waals surface area contributed by atoms with Crippen LogP contribution in [-0.4, -0.2) is 54.2 Å². The summed E-state index contributed by atoms with van der Waals surface area (Å²) in [5.41, 5.74) is 1.30. The molecular formula is C20H19F2N9O2. The van der Waals surface area contributed by atoms with Crippen molar-refractivity contribution in [2.24, 2.45) is 0 Å². The van der Waals surface area contributed by atoms with Crippen LogP contribution in [0, 0.1) is 11.3 Å². The van der Waals surface area contributed by atoms with E-state index >= 15 is 0 Å². The van der Waals surface area contributed by atoms with E-state index in [0.717, 1.165) is 0 Å². The second kappa shape index (κ2) is 9.03. The molecule has 0 saturated heterocycles. The molecule has 4 rings (SSSR count). The zero-order chi connectivity index (χ0) is 23.4. The van der Waals surface area contributed by atoms with E-state index in [1.807, 2.05) is 6.07 Å². The number of nitriles is 1. The second-order valence-electron chi connectivity index (χ2n) is 7.39. The number of halogens is 2. The minimum Gasteiger partial charge on any atom is -0.465 e. The minimum atomic E-state index is -3.18. The van der Waals surface area contributed by atoms with E-state index in [0.29, 0.717) is 11.4 Å². The highest BCUT2D eigenvalue weighted by molar-refractivity contribution is 5.66. The fourth-order valence-corrected chi connectivity index (χ4v) is 3.66. The van der Waals surface area contributed by atoms with Crippen molar-refractivity contribution in [3.05, 3.63) is 48.4 Å². The maximum absolute atomic E-state index is 14.6. The van der Waals surface area contributed by atoms with E-state index in [1.54, 1.807) is 24.3 Å². The number of nitrogens with one attached hydrogen (secondary N) is 3. The molecular weight excluding hydrogens is 436 g/mol. The lowest BCUT2D eigenvalue weighted by Gasteiger charge is -2.38. The average Bonchev–Trinajstić information content (AvgIpc) is 3.31. The molecule has 0 radical (unpaired) electrons. The number of carboxylic acid groups (broad SMARTS) is 1. The van der Waals surface area contributed by atoms with Gasteiger partial charge in [-0.2, -0.15) is 25.2 Å². The van der Waals surface area contributed by atoms with Gasteiger partial charge in [0, 0.05) is 12.1 Å². The van der Waals surface area contributed by atoms with Gasteiger partial charge in [-0.25, -0.2) is 18.6 Å². The molecule has 1 saturated carbocycles. The molecule has 1 amide bonds. The van der Waals surface area contributed by atoms with Gasteiger partial charge in [-0.1, -0.05) is 6.07 Å². The average molecular weight is 455 g/mol. The Labute approximate surface area is 186 Å². The Kier molecular flexibility index (Phi) is 5.99. The number of carbonyl (C=O) groups is 1. The van der Waals surface area contributed by atoms with Gasteiger partial charge in [0.05, 0.1) is 30.3 Å². The molecule has 13 heteroatoms. The van der Waals surface area contributed by atoms with Crippen molar-refractivity contribution < 1.29 is 18.7 Å². The van der Waals surface area contributed by atoms with Crippen molar-refractivity contribution in [1.82, 2.24) is 30.3 Å². The van der Waals surface area contributed by atoms with Crippen LogP contribution in [0.4, 0.5) is 31.0 Å². The summed E-state index contributed by atoms with van der Waals surface area (Å²) < 4.78 is 29.2. The van der Waals surface area contributed by atoms with Crippen molar-refractivity contribution in [3.63, 3.8) is 0 Å². The Morgan fingerprint density at radius 3 is 2.82 bits per heavy atom. The van der Waals surface area contributed by atoms with Gasteiger partial charge in [0.1, 0.15) is 17.7 Å². The molecule has 0 bridgehead atoms. The lowest BCUT2D eigenvalue weighted by molar-refractivity contribution is -0.0549. The molecule has 1 fully saturated rings. The first kappa shape index (κ1) is 21.9. The van der Waals surface area contributed by atoms with Crippen molar-refractivity contribution in [2.45, 2.75) is 37.3 Å². The molecule has 1 aliphatic rings. The summed E-state index contributed by atoms with van der Waals surface area (Å²) in [5, 5.41) is 34.3. The summed E-state index contributed by atoms with van der Waals surface area (Å²) in [7, 11) is 0. The first-order chi connectivity index (χ1) is 15.9. The normalized spacial score (nSPS) is 19.3. The van der Waals surface area contributed by atoms with Crippen LogP contribution in [0.25, 0.3) is 5.69 Å². The molecule has 0 spiro atoms. The van der Waals surface area contributed by atoms with Gasteiger partial charge in [-0.05, 0) is 31.0 Å². The largest absolute Gasteiger partial charge is 0.465 e. The van der Waals surface area contributed by atoms with Crippen molar-refractivity contribution in [2.75, 3.05) is 10.6 Å². The Bertz CT molecular complexity index is 1180. The molecule has 3 aromatic rings. The fraction of sp³-hybridized carbons (Fsp3) is 0.300. The number of anilines is 3. The zero-order valence-corrected chi connectivity index (χ0v) is 17.1. The lowest BCUT2D eigenvalue weighted by Crippen LogP contribution is -2.57. The smallest absolute Gasteiger partial charge is 0.404 e. The van der Waals surface area contributed by atoms with E-state index in [-0.39, 0.29) is 30.2 Å². The first-order valence-corrected chi connectivity index (χ1v) is 10.0. The van der Waals surface area contributed by atoms with E-state index in [1.165, 1.54) is 23.4 Å². The van der Waals surface area contributed by atoms with Crippen LogP contribution >= 0.6 is 0 Å². The summed E-state index contributed by atoms with van der Waals surface area (Å²) in [5.74, 6) is -3.24. The quantitative estimate of drug-likeness (QED) is 0.439. The maximum Gasteiger partial charge on any atom is 0.404 e. The Balaban J connectivity index is 1.60. The Hall–Kier alpha value is -4.34. The molecule has 11 nitrogen and oxygen atoms in total. The number of nitrogens with zero attached hydrogens (tertiary/aromatic N) is 6. The SMILES string of the molecule is N#Cc1cnc(N[C@H]2[C@@H](NC(=O)O)CCCC2(F)F)nc1Nc1cccc(-n2nccn2)c1. The third kappa shape index (κ3) is 4.95. The van der Waals surface area contributed by atoms with Gasteiger partial charge in [-0.3, -0.25) is 0 Å². The molecule has 1 aromatic carbocycles. The summed E-state index contributed by atoms with van der Waals surface area (Å²) in [6.07, 6.45) is 2.91. The van der Waals surface area contributed by atoms with Gasteiger partial charge in [0.15, 0.2) is 5.82 Å². The second-order valence-corrected chi connectivity index (χ2v) is 7.39. The molecule has 2 aromatic heterocycles. The molecule has 2 heterocycles. The number of amides is 1. The highest BCUT2D eigenvalue weighted by atomic mass is 19.3. The zero-order valence-electron chi connectivity index (χ0n) is 17.1. The van der Waals surface area contributed by atoms with E-state index < -0.39 is 30.5 Å².